The highest BCUT2D eigenvalue weighted by Gasteiger charge is 2.34. The summed E-state index contributed by atoms with van der Waals surface area (Å²) in [6, 6.07) is 13.5. The molecule has 1 amide bonds. The lowest BCUT2D eigenvalue weighted by Crippen LogP contribution is -2.52. The molecule has 0 spiro atoms. The molecule has 2 aromatic carbocycles. The SMILES string of the molecule is O=C(c1ccnc2ccc(Cl)cc12)N1CCC(N2CCC(Cc3ccc(Cl)c(Cl)c3)[C@H](CO)C2)CC1. The van der Waals surface area contributed by atoms with Gasteiger partial charge >= 0.3 is 0 Å². The molecule has 3 aromatic rings. The molecule has 1 unspecified atom stereocenters. The molecular formula is C28H30Cl3N3O2. The average molecular weight is 547 g/mol. The highest BCUT2D eigenvalue weighted by atomic mass is 35.5. The van der Waals surface area contributed by atoms with E-state index in [1.807, 2.05) is 35.2 Å². The fourth-order valence-corrected chi connectivity index (χ4v) is 6.29. The van der Waals surface area contributed by atoms with Gasteiger partial charge in [0.2, 0.25) is 0 Å². The minimum atomic E-state index is 0.0386. The Labute approximate surface area is 227 Å². The van der Waals surface area contributed by atoms with Crippen molar-refractivity contribution in [1.29, 1.82) is 0 Å². The molecular weight excluding hydrogens is 517 g/mol. The van der Waals surface area contributed by atoms with Crippen LogP contribution in [-0.4, -0.2) is 64.6 Å². The molecule has 2 saturated heterocycles. The van der Waals surface area contributed by atoms with E-state index in [1.165, 1.54) is 0 Å². The average Bonchev–Trinajstić information content (AvgIpc) is 2.90. The van der Waals surface area contributed by atoms with E-state index in [4.69, 9.17) is 34.8 Å². The fourth-order valence-electron chi connectivity index (χ4n) is 5.79. The second kappa shape index (κ2) is 11.2. The highest BCUT2D eigenvalue weighted by Crippen LogP contribution is 2.32. The van der Waals surface area contributed by atoms with E-state index in [0.717, 1.165) is 68.3 Å². The lowest BCUT2D eigenvalue weighted by atomic mass is 9.80. The smallest absolute Gasteiger partial charge is 0.254 e. The van der Waals surface area contributed by atoms with Gasteiger partial charge in [-0.3, -0.25) is 14.7 Å². The van der Waals surface area contributed by atoms with Gasteiger partial charge in [0.1, 0.15) is 0 Å². The molecule has 3 heterocycles. The number of hydrogen-bond donors (Lipinski definition) is 1. The molecule has 0 radical (unpaired) electrons. The van der Waals surface area contributed by atoms with Crippen LogP contribution in [-0.2, 0) is 6.42 Å². The highest BCUT2D eigenvalue weighted by molar-refractivity contribution is 6.42. The van der Waals surface area contributed by atoms with E-state index in [0.29, 0.717) is 32.6 Å². The van der Waals surface area contributed by atoms with Gasteiger partial charge in [-0.15, -0.1) is 0 Å². The van der Waals surface area contributed by atoms with E-state index >= 15 is 0 Å². The molecule has 2 aliphatic heterocycles. The summed E-state index contributed by atoms with van der Waals surface area (Å²) in [7, 11) is 0. The number of halogens is 3. The predicted molar refractivity (Wildman–Crippen MR) is 146 cm³/mol. The molecule has 1 N–H and O–H groups in total. The van der Waals surface area contributed by atoms with Crippen LogP contribution in [0, 0.1) is 11.8 Å². The molecule has 0 aliphatic carbocycles. The Hall–Kier alpha value is -1.89. The normalized spacial score (nSPS) is 21.7. The molecule has 5 rings (SSSR count). The molecule has 0 bridgehead atoms. The van der Waals surface area contributed by atoms with Crippen LogP contribution in [0.15, 0.2) is 48.7 Å². The van der Waals surface area contributed by atoms with Crippen molar-refractivity contribution in [3.63, 3.8) is 0 Å². The van der Waals surface area contributed by atoms with Crippen LogP contribution in [0.5, 0.6) is 0 Å². The lowest BCUT2D eigenvalue weighted by molar-refractivity contribution is 0.0242. The van der Waals surface area contributed by atoms with E-state index < -0.39 is 0 Å². The minimum Gasteiger partial charge on any atom is -0.396 e. The summed E-state index contributed by atoms with van der Waals surface area (Å²) in [5.74, 6) is 0.675. The number of rotatable bonds is 5. The number of hydrogen-bond acceptors (Lipinski definition) is 4. The van der Waals surface area contributed by atoms with Gasteiger partial charge < -0.3 is 10.0 Å². The molecule has 1 aromatic heterocycles. The molecule has 0 saturated carbocycles. The predicted octanol–water partition coefficient (Wildman–Crippen LogP) is 5.97. The van der Waals surface area contributed by atoms with Gasteiger partial charge in [0.25, 0.3) is 5.91 Å². The second-order valence-corrected chi connectivity index (χ2v) is 11.2. The number of piperidine rings is 2. The Morgan fingerprint density at radius 3 is 2.50 bits per heavy atom. The quantitative estimate of drug-likeness (QED) is 0.428. The zero-order valence-electron chi connectivity index (χ0n) is 20.0. The summed E-state index contributed by atoms with van der Waals surface area (Å²) < 4.78 is 0. The van der Waals surface area contributed by atoms with Crippen LogP contribution < -0.4 is 0 Å². The largest absolute Gasteiger partial charge is 0.396 e. The van der Waals surface area contributed by atoms with Crippen molar-refractivity contribution >= 4 is 51.6 Å². The van der Waals surface area contributed by atoms with Gasteiger partial charge in [-0.25, -0.2) is 0 Å². The van der Waals surface area contributed by atoms with Crippen LogP contribution >= 0.6 is 34.8 Å². The number of carbonyl (C=O) groups excluding carboxylic acids is 1. The number of fused-ring (bicyclic) bond motifs is 1. The first-order valence-corrected chi connectivity index (χ1v) is 13.7. The summed E-state index contributed by atoms with van der Waals surface area (Å²) in [6.45, 7) is 3.52. The van der Waals surface area contributed by atoms with E-state index in [2.05, 4.69) is 9.88 Å². The number of carbonyl (C=O) groups is 1. The summed E-state index contributed by atoms with van der Waals surface area (Å²) >= 11 is 18.5. The number of aliphatic hydroxyl groups excluding tert-OH is 1. The van der Waals surface area contributed by atoms with Crippen molar-refractivity contribution in [1.82, 2.24) is 14.8 Å². The Balaban J connectivity index is 1.19. The van der Waals surface area contributed by atoms with Gasteiger partial charge in [-0.1, -0.05) is 40.9 Å². The zero-order chi connectivity index (χ0) is 25.2. The standard InChI is InChI=1S/C28H30Cl3N3O2/c29-21-2-4-27-24(15-21)23(5-9-32-27)28(36)33-11-7-22(8-12-33)34-10-6-19(20(16-34)17-35)13-18-1-3-25(30)26(31)14-18/h1-5,9,14-15,19-20,22,35H,6-8,10-13,16-17H2/t19?,20-/m0/s1. The number of pyridine rings is 1. The third kappa shape index (κ3) is 5.51. The van der Waals surface area contributed by atoms with Gasteiger partial charge in [-0.2, -0.15) is 0 Å². The molecule has 2 atom stereocenters. The molecule has 2 aliphatic rings. The maximum Gasteiger partial charge on any atom is 0.254 e. The molecule has 190 valence electrons. The first kappa shape index (κ1) is 25.7. The number of aromatic nitrogens is 1. The number of nitrogens with zero attached hydrogens (tertiary/aromatic N) is 3. The van der Waals surface area contributed by atoms with Crippen molar-refractivity contribution in [3.8, 4) is 0 Å². The first-order chi connectivity index (χ1) is 17.4. The van der Waals surface area contributed by atoms with Crippen molar-refractivity contribution in [2.45, 2.75) is 31.7 Å². The van der Waals surface area contributed by atoms with Gasteiger partial charge in [0.15, 0.2) is 0 Å². The number of likely N-dealkylation sites (tertiary alicyclic amines) is 2. The fraction of sp³-hybridized carbons (Fsp3) is 0.429. The van der Waals surface area contributed by atoms with E-state index in [-0.39, 0.29) is 18.4 Å². The zero-order valence-corrected chi connectivity index (χ0v) is 22.3. The van der Waals surface area contributed by atoms with Crippen LogP contribution in [0.3, 0.4) is 0 Å². The maximum atomic E-state index is 13.4. The van der Waals surface area contributed by atoms with Crippen LogP contribution in [0.1, 0.15) is 35.2 Å². The van der Waals surface area contributed by atoms with E-state index in [9.17, 15) is 9.90 Å². The molecule has 2 fully saturated rings. The second-order valence-electron chi connectivity index (χ2n) is 9.98. The van der Waals surface area contributed by atoms with Crippen LogP contribution in [0.4, 0.5) is 0 Å². The van der Waals surface area contributed by atoms with Crippen molar-refractivity contribution in [2.24, 2.45) is 11.8 Å². The summed E-state index contributed by atoms with van der Waals surface area (Å²) in [4.78, 5) is 22.2. The number of amides is 1. The monoisotopic (exact) mass is 545 g/mol. The first-order valence-electron chi connectivity index (χ1n) is 12.6. The van der Waals surface area contributed by atoms with Gasteiger partial charge in [0.05, 0.1) is 21.1 Å². The third-order valence-corrected chi connectivity index (χ3v) is 8.82. The van der Waals surface area contributed by atoms with Gasteiger partial charge in [0, 0.05) is 48.9 Å². The van der Waals surface area contributed by atoms with Crippen LogP contribution in [0.25, 0.3) is 10.9 Å². The van der Waals surface area contributed by atoms with Crippen molar-refractivity contribution in [3.05, 3.63) is 74.9 Å². The summed E-state index contributed by atoms with van der Waals surface area (Å²) in [5, 5.41) is 12.7. The maximum absolute atomic E-state index is 13.4. The Bertz CT molecular complexity index is 1250. The number of benzene rings is 2. The lowest BCUT2D eigenvalue weighted by Gasteiger charge is -2.44. The Morgan fingerprint density at radius 2 is 1.75 bits per heavy atom. The minimum absolute atomic E-state index is 0.0386. The molecule has 8 heteroatoms. The van der Waals surface area contributed by atoms with E-state index in [1.54, 1.807) is 18.3 Å². The topological polar surface area (TPSA) is 56.7 Å². The molecule has 5 nitrogen and oxygen atoms in total. The molecule has 36 heavy (non-hydrogen) atoms. The van der Waals surface area contributed by atoms with Gasteiger partial charge in [-0.05, 0) is 86.0 Å². The van der Waals surface area contributed by atoms with Crippen molar-refractivity contribution < 1.29 is 9.90 Å². The summed E-state index contributed by atoms with van der Waals surface area (Å²) in [6.07, 6.45) is 5.49. The number of aliphatic hydroxyl groups is 1. The Morgan fingerprint density at radius 1 is 0.944 bits per heavy atom. The Kier molecular flexibility index (Phi) is 8.04. The third-order valence-electron chi connectivity index (χ3n) is 7.84. The van der Waals surface area contributed by atoms with Crippen molar-refractivity contribution in [2.75, 3.05) is 32.8 Å². The van der Waals surface area contributed by atoms with Crippen LogP contribution in [0.2, 0.25) is 15.1 Å². The summed E-state index contributed by atoms with van der Waals surface area (Å²) in [5.41, 5.74) is 2.60.